The van der Waals surface area contributed by atoms with Crippen LogP contribution in [0.25, 0.3) is 10.6 Å². The first-order chi connectivity index (χ1) is 12.2. The third-order valence-electron chi connectivity index (χ3n) is 4.35. The van der Waals surface area contributed by atoms with Crippen LogP contribution in [-0.2, 0) is 10.0 Å². The van der Waals surface area contributed by atoms with Crippen LogP contribution in [0, 0.1) is 12.7 Å². The minimum absolute atomic E-state index is 0.0590. The van der Waals surface area contributed by atoms with Crippen LogP contribution in [0.2, 0.25) is 0 Å². The number of hydrogen-bond donors (Lipinski definition) is 1. The molecule has 1 aromatic carbocycles. The topological polar surface area (TPSA) is 79.4 Å². The van der Waals surface area contributed by atoms with E-state index in [2.05, 4.69) is 10.3 Å². The van der Waals surface area contributed by atoms with E-state index in [0.29, 0.717) is 41.5 Å². The zero-order valence-electron chi connectivity index (χ0n) is 14.5. The van der Waals surface area contributed by atoms with E-state index in [-0.39, 0.29) is 17.8 Å². The molecule has 0 atom stereocenters. The van der Waals surface area contributed by atoms with Gasteiger partial charge in [0.2, 0.25) is 10.0 Å². The highest BCUT2D eigenvalue weighted by molar-refractivity contribution is 7.88. The third-order valence-corrected chi connectivity index (χ3v) is 6.86. The Labute approximate surface area is 156 Å². The molecule has 1 fully saturated rings. The highest BCUT2D eigenvalue weighted by atomic mass is 32.2. The van der Waals surface area contributed by atoms with Crippen molar-refractivity contribution < 1.29 is 17.6 Å². The van der Waals surface area contributed by atoms with E-state index >= 15 is 0 Å². The summed E-state index contributed by atoms with van der Waals surface area (Å²) in [6.45, 7) is 2.59. The van der Waals surface area contributed by atoms with Crippen molar-refractivity contribution in [1.29, 1.82) is 0 Å². The fraction of sp³-hybridized carbons (Fsp3) is 0.412. The van der Waals surface area contributed by atoms with E-state index in [1.165, 1.54) is 34.0 Å². The van der Waals surface area contributed by atoms with Gasteiger partial charge in [0, 0.05) is 24.7 Å². The maximum Gasteiger partial charge on any atom is 0.263 e. The Kier molecular flexibility index (Phi) is 5.40. The molecule has 0 bridgehead atoms. The Morgan fingerprint density at radius 2 is 1.88 bits per heavy atom. The maximum absolute atomic E-state index is 13.1. The van der Waals surface area contributed by atoms with Gasteiger partial charge >= 0.3 is 0 Å². The van der Waals surface area contributed by atoms with Gasteiger partial charge in [-0.15, -0.1) is 11.3 Å². The summed E-state index contributed by atoms with van der Waals surface area (Å²) in [7, 11) is -3.18. The number of sulfonamides is 1. The van der Waals surface area contributed by atoms with Gasteiger partial charge in [0.1, 0.15) is 15.7 Å². The van der Waals surface area contributed by atoms with Crippen LogP contribution in [0.5, 0.6) is 0 Å². The van der Waals surface area contributed by atoms with Crippen LogP contribution in [0.1, 0.15) is 28.2 Å². The molecule has 1 amide bonds. The molecule has 0 radical (unpaired) electrons. The number of nitrogens with zero attached hydrogens (tertiary/aromatic N) is 2. The lowest BCUT2D eigenvalue weighted by molar-refractivity contribution is 0.0927. The number of carbonyl (C=O) groups is 1. The van der Waals surface area contributed by atoms with Crippen LogP contribution in [0.3, 0.4) is 0 Å². The molecule has 1 aliphatic heterocycles. The van der Waals surface area contributed by atoms with Crippen molar-refractivity contribution >= 4 is 27.3 Å². The summed E-state index contributed by atoms with van der Waals surface area (Å²) >= 11 is 1.27. The third kappa shape index (κ3) is 4.28. The van der Waals surface area contributed by atoms with Crippen molar-refractivity contribution in [3.63, 3.8) is 0 Å². The minimum Gasteiger partial charge on any atom is -0.348 e. The Bertz CT molecular complexity index is 902. The molecule has 3 rings (SSSR count). The molecular weight excluding hydrogens is 377 g/mol. The average molecular weight is 397 g/mol. The molecule has 1 N–H and O–H groups in total. The Hall–Kier alpha value is -1.84. The van der Waals surface area contributed by atoms with Gasteiger partial charge in [-0.3, -0.25) is 4.79 Å². The molecule has 1 aromatic heterocycles. The lowest BCUT2D eigenvalue weighted by Gasteiger charge is -2.30. The van der Waals surface area contributed by atoms with Gasteiger partial charge in [0.15, 0.2) is 0 Å². The second-order valence-electron chi connectivity index (χ2n) is 6.35. The SMILES string of the molecule is Cc1nc(-c2ccc(F)cc2)sc1C(=O)NC1CCN(S(C)(=O)=O)CC1. The highest BCUT2D eigenvalue weighted by Gasteiger charge is 2.27. The number of halogens is 1. The predicted molar refractivity (Wildman–Crippen MR) is 99.2 cm³/mol. The minimum atomic E-state index is -3.18. The number of aromatic nitrogens is 1. The number of rotatable bonds is 4. The van der Waals surface area contributed by atoms with Crippen molar-refractivity contribution in [2.45, 2.75) is 25.8 Å². The molecule has 0 spiro atoms. The second-order valence-corrected chi connectivity index (χ2v) is 9.33. The molecule has 26 heavy (non-hydrogen) atoms. The first-order valence-corrected chi connectivity index (χ1v) is 10.9. The molecule has 1 aliphatic rings. The molecule has 2 aromatic rings. The molecule has 6 nitrogen and oxygen atoms in total. The summed E-state index contributed by atoms with van der Waals surface area (Å²) in [4.78, 5) is 17.5. The van der Waals surface area contributed by atoms with Gasteiger partial charge in [-0.2, -0.15) is 0 Å². The van der Waals surface area contributed by atoms with Crippen LogP contribution in [0.4, 0.5) is 4.39 Å². The molecule has 0 aliphatic carbocycles. The number of aryl methyl sites for hydroxylation is 1. The normalized spacial score (nSPS) is 16.6. The van der Waals surface area contributed by atoms with Gasteiger partial charge in [-0.1, -0.05) is 0 Å². The number of nitrogens with one attached hydrogen (secondary N) is 1. The van der Waals surface area contributed by atoms with Gasteiger partial charge in [0.25, 0.3) is 5.91 Å². The fourth-order valence-corrected chi connectivity index (χ4v) is 4.75. The largest absolute Gasteiger partial charge is 0.348 e. The van der Waals surface area contributed by atoms with Crippen molar-refractivity contribution in [2.24, 2.45) is 0 Å². The maximum atomic E-state index is 13.1. The Morgan fingerprint density at radius 1 is 1.27 bits per heavy atom. The molecule has 140 valence electrons. The summed E-state index contributed by atoms with van der Waals surface area (Å²) in [5.74, 6) is -0.522. The highest BCUT2D eigenvalue weighted by Crippen LogP contribution is 2.28. The van der Waals surface area contributed by atoms with Crippen LogP contribution >= 0.6 is 11.3 Å². The van der Waals surface area contributed by atoms with Crippen molar-refractivity contribution in [3.05, 3.63) is 40.7 Å². The zero-order valence-corrected chi connectivity index (χ0v) is 16.2. The monoisotopic (exact) mass is 397 g/mol. The van der Waals surface area contributed by atoms with Crippen LogP contribution < -0.4 is 5.32 Å². The van der Waals surface area contributed by atoms with E-state index in [4.69, 9.17) is 0 Å². The molecule has 9 heteroatoms. The van der Waals surface area contributed by atoms with Crippen molar-refractivity contribution in [1.82, 2.24) is 14.6 Å². The average Bonchev–Trinajstić information content (AvgIpc) is 2.97. The predicted octanol–water partition coefficient (Wildman–Crippen LogP) is 2.41. The van der Waals surface area contributed by atoms with Gasteiger partial charge < -0.3 is 5.32 Å². The van der Waals surface area contributed by atoms with Gasteiger partial charge in [-0.25, -0.2) is 22.1 Å². The number of carbonyl (C=O) groups excluding carboxylic acids is 1. The van der Waals surface area contributed by atoms with Crippen molar-refractivity contribution in [2.75, 3.05) is 19.3 Å². The summed E-state index contributed by atoms with van der Waals surface area (Å²) in [6.07, 6.45) is 2.37. The number of piperidine rings is 1. The number of amides is 1. The molecular formula is C17H20FN3O3S2. The first-order valence-electron chi connectivity index (χ1n) is 8.23. The quantitative estimate of drug-likeness (QED) is 0.859. The molecule has 1 saturated heterocycles. The van der Waals surface area contributed by atoms with E-state index in [1.807, 2.05) is 0 Å². The van der Waals surface area contributed by atoms with Crippen LogP contribution in [0.15, 0.2) is 24.3 Å². The second kappa shape index (κ2) is 7.42. The molecule has 2 heterocycles. The smallest absolute Gasteiger partial charge is 0.263 e. The summed E-state index contributed by atoms with van der Waals surface area (Å²) < 4.78 is 37.6. The Morgan fingerprint density at radius 3 is 2.46 bits per heavy atom. The van der Waals surface area contributed by atoms with Gasteiger partial charge in [-0.05, 0) is 44.0 Å². The van der Waals surface area contributed by atoms with E-state index < -0.39 is 10.0 Å². The number of thiazole rings is 1. The Balaban J connectivity index is 1.66. The molecule has 0 unspecified atom stereocenters. The fourth-order valence-electron chi connectivity index (χ4n) is 2.91. The summed E-state index contributed by atoms with van der Waals surface area (Å²) in [5, 5.41) is 3.64. The summed E-state index contributed by atoms with van der Waals surface area (Å²) in [5.41, 5.74) is 1.39. The first kappa shape index (κ1) is 18.9. The van der Waals surface area contributed by atoms with Crippen LogP contribution in [-0.4, -0.2) is 49.0 Å². The van der Waals surface area contributed by atoms with E-state index in [0.717, 1.165) is 5.56 Å². The standard InChI is InChI=1S/C17H20FN3O3S2/c1-11-15(25-17(19-11)12-3-5-13(18)6-4-12)16(22)20-14-7-9-21(10-8-14)26(2,23)24/h3-6,14H,7-10H2,1-2H3,(H,20,22). The lowest BCUT2D eigenvalue weighted by atomic mass is 10.1. The van der Waals surface area contributed by atoms with Gasteiger partial charge in [0.05, 0.1) is 11.9 Å². The summed E-state index contributed by atoms with van der Waals surface area (Å²) in [6, 6.07) is 5.94. The van der Waals surface area contributed by atoms with E-state index in [1.54, 1.807) is 19.1 Å². The van der Waals surface area contributed by atoms with Crippen molar-refractivity contribution in [3.8, 4) is 10.6 Å². The van der Waals surface area contributed by atoms with E-state index in [9.17, 15) is 17.6 Å². The number of benzene rings is 1. The molecule has 0 saturated carbocycles. The number of hydrogen-bond acceptors (Lipinski definition) is 5. The zero-order chi connectivity index (χ0) is 18.9. The lowest BCUT2D eigenvalue weighted by Crippen LogP contribution is -2.46.